The van der Waals surface area contributed by atoms with Gasteiger partial charge in [0.15, 0.2) is 5.82 Å². The largest absolute Gasteiger partial charge is 0.447 e. The van der Waals surface area contributed by atoms with Gasteiger partial charge in [0, 0.05) is 24.0 Å². The summed E-state index contributed by atoms with van der Waals surface area (Å²) in [6.45, 7) is 1.72. The van der Waals surface area contributed by atoms with Gasteiger partial charge in [0.25, 0.3) is 0 Å². The number of hydrogen-bond acceptors (Lipinski definition) is 6. The van der Waals surface area contributed by atoms with Crippen LogP contribution >= 0.6 is 35.0 Å². The van der Waals surface area contributed by atoms with Crippen molar-refractivity contribution in [3.8, 4) is 17.4 Å². The van der Waals surface area contributed by atoms with Gasteiger partial charge in [-0.25, -0.2) is 19.4 Å². The van der Waals surface area contributed by atoms with E-state index in [9.17, 15) is 18.0 Å². The van der Waals surface area contributed by atoms with Crippen LogP contribution in [0.25, 0.3) is 28.3 Å². The fourth-order valence-corrected chi connectivity index (χ4v) is 3.72. The van der Waals surface area contributed by atoms with E-state index in [1.807, 2.05) is 0 Å². The molecule has 12 heteroatoms. The molecule has 0 fully saturated rings. The van der Waals surface area contributed by atoms with Crippen molar-refractivity contribution < 1.29 is 17.6 Å². The summed E-state index contributed by atoms with van der Waals surface area (Å²) >= 11 is 11.8. The third kappa shape index (κ3) is 3.90. The molecule has 0 bridgehead atoms. The van der Waals surface area contributed by atoms with E-state index in [1.54, 1.807) is 19.1 Å². The second-order valence-corrected chi connectivity index (χ2v) is 7.93. The number of hydrogen-bond donors (Lipinski definition) is 0. The van der Waals surface area contributed by atoms with Crippen molar-refractivity contribution >= 4 is 45.9 Å². The molecule has 0 aliphatic rings. The molecule has 0 unspecified atom stereocenters. The number of pyridine rings is 1. The number of alkyl halides is 3. The third-order valence-corrected chi connectivity index (χ3v) is 5.25. The summed E-state index contributed by atoms with van der Waals surface area (Å²) in [5.74, 6) is -0.198. The normalized spacial score (nSPS) is 11.9. The lowest BCUT2D eigenvalue weighted by molar-refractivity contribution is -0.0329. The fraction of sp³-hybridized carbons (Fsp3) is 0.111. The highest BCUT2D eigenvalue weighted by atomic mass is 35.5. The molecule has 0 saturated heterocycles. The number of halogens is 5. The SMILES string of the molecule is Cc1ccc(Cl)c2c(=O)oc(-c3cc(SC(F)(F)F)nn3-c3ncccc3Cl)nc12. The molecule has 3 aromatic heterocycles. The number of thioether (sulfide) groups is 1. The van der Waals surface area contributed by atoms with Gasteiger partial charge >= 0.3 is 11.1 Å². The molecule has 4 aromatic rings. The van der Waals surface area contributed by atoms with Crippen molar-refractivity contribution in [3.63, 3.8) is 0 Å². The molecule has 0 atom stereocenters. The number of rotatable bonds is 3. The minimum absolute atomic E-state index is 0.0271. The molecule has 0 saturated carbocycles. The van der Waals surface area contributed by atoms with E-state index in [0.717, 1.165) is 10.7 Å². The Morgan fingerprint density at radius 1 is 1.17 bits per heavy atom. The van der Waals surface area contributed by atoms with Crippen molar-refractivity contribution in [1.82, 2.24) is 19.7 Å². The van der Waals surface area contributed by atoms with Crippen LogP contribution in [-0.2, 0) is 0 Å². The standard InChI is InChI=1S/C18H9Cl2F3N4O2S/c1-8-4-5-9(19)13-14(8)25-16(29-17(13)28)11-7-12(30-18(21,22)23)26-27(11)15-10(20)3-2-6-24-15/h2-7H,1H3. The first-order valence-corrected chi connectivity index (χ1v) is 9.78. The average molecular weight is 473 g/mol. The summed E-state index contributed by atoms with van der Waals surface area (Å²) < 4.78 is 45.0. The molecule has 0 aliphatic carbocycles. The van der Waals surface area contributed by atoms with Gasteiger partial charge in [-0.3, -0.25) is 0 Å². The fourth-order valence-electron chi connectivity index (χ4n) is 2.76. The predicted molar refractivity (Wildman–Crippen MR) is 107 cm³/mol. The molecule has 4 rings (SSSR count). The highest BCUT2D eigenvalue weighted by Crippen LogP contribution is 2.38. The van der Waals surface area contributed by atoms with E-state index < -0.39 is 27.9 Å². The van der Waals surface area contributed by atoms with Gasteiger partial charge < -0.3 is 4.42 Å². The van der Waals surface area contributed by atoms with Gasteiger partial charge in [0.1, 0.15) is 16.1 Å². The van der Waals surface area contributed by atoms with Gasteiger partial charge in [-0.05, 0) is 30.7 Å². The number of nitrogens with zero attached hydrogens (tertiary/aromatic N) is 4. The van der Waals surface area contributed by atoms with E-state index >= 15 is 0 Å². The maximum absolute atomic E-state index is 12.9. The third-order valence-electron chi connectivity index (χ3n) is 4.00. The molecule has 154 valence electrons. The lowest BCUT2D eigenvalue weighted by Gasteiger charge is -2.08. The van der Waals surface area contributed by atoms with Crippen molar-refractivity contribution in [2.24, 2.45) is 0 Å². The molecular weight excluding hydrogens is 464 g/mol. The summed E-state index contributed by atoms with van der Waals surface area (Å²) in [5, 5.41) is 3.90. The highest BCUT2D eigenvalue weighted by Gasteiger charge is 2.32. The van der Waals surface area contributed by atoms with E-state index in [1.165, 1.54) is 18.3 Å². The molecule has 0 N–H and O–H groups in total. The zero-order valence-corrected chi connectivity index (χ0v) is 17.2. The maximum atomic E-state index is 12.9. The van der Waals surface area contributed by atoms with Gasteiger partial charge in [0.05, 0.1) is 15.6 Å². The van der Waals surface area contributed by atoms with Crippen molar-refractivity contribution in [1.29, 1.82) is 0 Å². The Labute approximate surface area is 180 Å². The van der Waals surface area contributed by atoms with Crippen LogP contribution in [0, 0.1) is 6.92 Å². The second-order valence-electron chi connectivity index (χ2n) is 6.03. The van der Waals surface area contributed by atoms with Crippen molar-refractivity contribution in [2.45, 2.75) is 17.5 Å². The molecular formula is C18H9Cl2F3N4O2S. The monoisotopic (exact) mass is 472 g/mol. The number of benzene rings is 1. The Morgan fingerprint density at radius 3 is 2.63 bits per heavy atom. The minimum Gasteiger partial charge on any atom is -0.401 e. The minimum atomic E-state index is -4.58. The van der Waals surface area contributed by atoms with E-state index in [4.69, 9.17) is 27.6 Å². The highest BCUT2D eigenvalue weighted by molar-refractivity contribution is 8.00. The summed E-state index contributed by atoms with van der Waals surface area (Å²) in [4.78, 5) is 20.9. The molecule has 3 heterocycles. The summed E-state index contributed by atoms with van der Waals surface area (Å²) in [6, 6.07) is 7.35. The number of aryl methyl sites for hydroxylation is 1. The summed E-state index contributed by atoms with van der Waals surface area (Å²) in [6.07, 6.45) is 1.40. The first-order chi connectivity index (χ1) is 14.1. The van der Waals surface area contributed by atoms with Crippen LogP contribution in [0.4, 0.5) is 13.2 Å². The molecule has 1 aromatic carbocycles. The van der Waals surface area contributed by atoms with Crippen molar-refractivity contribution in [3.05, 3.63) is 62.6 Å². The van der Waals surface area contributed by atoms with Gasteiger partial charge in [-0.1, -0.05) is 29.3 Å². The Bertz CT molecular complexity index is 1340. The van der Waals surface area contributed by atoms with Crippen LogP contribution in [0.5, 0.6) is 0 Å². The van der Waals surface area contributed by atoms with Crippen LogP contribution in [0.1, 0.15) is 5.56 Å². The van der Waals surface area contributed by atoms with Gasteiger partial charge in [0.2, 0.25) is 5.89 Å². The van der Waals surface area contributed by atoms with Crippen LogP contribution in [0.15, 0.2) is 50.8 Å². The van der Waals surface area contributed by atoms with Gasteiger partial charge in [-0.15, -0.1) is 0 Å². The first kappa shape index (κ1) is 20.7. The molecule has 6 nitrogen and oxygen atoms in total. The Morgan fingerprint density at radius 2 is 1.93 bits per heavy atom. The summed E-state index contributed by atoms with van der Waals surface area (Å²) in [7, 11) is 0. The zero-order chi connectivity index (χ0) is 21.6. The number of aromatic nitrogens is 4. The van der Waals surface area contributed by atoms with E-state index in [2.05, 4.69) is 15.1 Å². The van der Waals surface area contributed by atoms with E-state index in [0.29, 0.717) is 5.56 Å². The van der Waals surface area contributed by atoms with Crippen LogP contribution in [-0.4, -0.2) is 25.3 Å². The lowest BCUT2D eigenvalue weighted by Crippen LogP contribution is -2.08. The quantitative estimate of drug-likeness (QED) is 0.358. The van der Waals surface area contributed by atoms with E-state index in [-0.39, 0.29) is 38.4 Å². The maximum Gasteiger partial charge on any atom is 0.447 e. The lowest BCUT2D eigenvalue weighted by atomic mass is 10.1. The zero-order valence-electron chi connectivity index (χ0n) is 14.9. The Kier molecular flexibility index (Phi) is 5.25. The number of fused-ring (bicyclic) bond motifs is 1. The van der Waals surface area contributed by atoms with Crippen molar-refractivity contribution in [2.75, 3.05) is 0 Å². The van der Waals surface area contributed by atoms with Crippen LogP contribution < -0.4 is 5.63 Å². The summed E-state index contributed by atoms with van der Waals surface area (Å²) in [5.41, 5.74) is -4.49. The molecule has 0 radical (unpaired) electrons. The molecule has 0 aliphatic heterocycles. The topological polar surface area (TPSA) is 73.8 Å². The smallest absolute Gasteiger partial charge is 0.401 e. The van der Waals surface area contributed by atoms with Crippen LogP contribution in [0.2, 0.25) is 10.0 Å². The van der Waals surface area contributed by atoms with Crippen LogP contribution in [0.3, 0.4) is 0 Å². The average Bonchev–Trinajstić information content (AvgIpc) is 3.06. The molecule has 30 heavy (non-hydrogen) atoms. The second kappa shape index (κ2) is 7.60. The molecule has 0 spiro atoms. The Balaban J connectivity index is 1.99. The first-order valence-electron chi connectivity index (χ1n) is 8.21. The Hall–Kier alpha value is -2.56. The van der Waals surface area contributed by atoms with Gasteiger partial charge in [-0.2, -0.15) is 18.3 Å². The predicted octanol–water partition coefficient (Wildman–Crippen LogP) is 5.66. The molecule has 0 amide bonds.